The topological polar surface area (TPSA) is 91.3 Å². The molecule has 0 saturated heterocycles. The summed E-state index contributed by atoms with van der Waals surface area (Å²) in [5.41, 5.74) is 0. The van der Waals surface area contributed by atoms with Crippen LogP contribution in [0.15, 0.2) is 146 Å². The first-order valence-corrected chi connectivity index (χ1v) is 25.1. The van der Waals surface area contributed by atoms with Gasteiger partial charge >= 0.3 is 13.8 Å². The summed E-state index contributed by atoms with van der Waals surface area (Å²) < 4.78 is 34.9. The Hall–Kier alpha value is -3.62. The van der Waals surface area contributed by atoms with Crippen molar-refractivity contribution < 1.29 is 37.3 Å². The molecule has 0 aromatic heterocycles. The highest BCUT2D eigenvalue weighted by Crippen LogP contribution is 2.43. The predicted molar refractivity (Wildman–Crippen MR) is 269 cm³/mol. The minimum atomic E-state index is -4.32. The van der Waals surface area contributed by atoms with Gasteiger partial charge < -0.3 is 18.9 Å². The number of quaternary nitrogens is 1. The molecule has 0 radical (unpaired) electrons. The first-order valence-electron chi connectivity index (χ1n) is 23.6. The molecule has 0 aliphatic rings. The van der Waals surface area contributed by atoms with Crippen molar-refractivity contribution in [3.8, 4) is 0 Å². The molecular formula is C54H87NO7P+. The fourth-order valence-corrected chi connectivity index (χ4v) is 6.07. The number of carbonyl (C=O) groups is 1. The Labute approximate surface area is 385 Å². The zero-order valence-corrected chi connectivity index (χ0v) is 40.9. The molecule has 2 unspecified atom stereocenters. The Morgan fingerprint density at radius 3 is 1.24 bits per heavy atom. The van der Waals surface area contributed by atoms with Crippen LogP contribution in [0.1, 0.15) is 129 Å². The van der Waals surface area contributed by atoms with Crippen LogP contribution in [0.4, 0.5) is 0 Å². The van der Waals surface area contributed by atoms with Crippen LogP contribution >= 0.6 is 7.82 Å². The molecule has 0 spiro atoms. The van der Waals surface area contributed by atoms with Gasteiger partial charge in [0.25, 0.3) is 0 Å². The van der Waals surface area contributed by atoms with Gasteiger partial charge in [-0.25, -0.2) is 4.57 Å². The van der Waals surface area contributed by atoms with Crippen LogP contribution in [0.3, 0.4) is 0 Å². The highest BCUT2D eigenvalue weighted by atomic mass is 31.2. The summed E-state index contributed by atoms with van der Waals surface area (Å²) in [4.78, 5) is 22.9. The van der Waals surface area contributed by atoms with Crippen LogP contribution < -0.4 is 0 Å². The molecular weight excluding hydrogens is 806 g/mol. The van der Waals surface area contributed by atoms with Gasteiger partial charge in [-0.15, -0.1) is 0 Å². The number of unbranched alkanes of at least 4 members (excludes halogenated alkanes) is 3. The largest absolute Gasteiger partial charge is 0.472 e. The molecule has 0 amide bonds. The number of allylic oxidation sites excluding steroid dienone is 24. The molecule has 0 bridgehead atoms. The summed E-state index contributed by atoms with van der Waals surface area (Å²) in [5.74, 6) is -0.394. The van der Waals surface area contributed by atoms with Gasteiger partial charge in [-0.1, -0.05) is 160 Å². The van der Waals surface area contributed by atoms with Crippen molar-refractivity contribution in [3.63, 3.8) is 0 Å². The average Bonchev–Trinajstić information content (AvgIpc) is 3.24. The maximum atomic E-state index is 12.7. The maximum Gasteiger partial charge on any atom is 0.472 e. The van der Waals surface area contributed by atoms with Crippen LogP contribution in [-0.2, 0) is 27.9 Å². The molecule has 0 saturated carbocycles. The van der Waals surface area contributed by atoms with Gasteiger partial charge in [0.15, 0.2) is 0 Å². The number of hydrogen-bond donors (Lipinski definition) is 1. The Kier molecular flexibility index (Phi) is 42.4. The summed E-state index contributed by atoms with van der Waals surface area (Å²) in [5, 5.41) is 0. The molecule has 0 aromatic rings. The molecule has 0 aliphatic carbocycles. The smallest absolute Gasteiger partial charge is 0.457 e. The quantitative estimate of drug-likeness (QED) is 0.0215. The molecule has 354 valence electrons. The lowest BCUT2D eigenvalue weighted by atomic mass is 10.2. The summed E-state index contributed by atoms with van der Waals surface area (Å²) in [7, 11) is 1.57. The van der Waals surface area contributed by atoms with E-state index in [2.05, 4.69) is 160 Å². The van der Waals surface area contributed by atoms with Gasteiger partial charge in [-0.3, -0.25) is 13.8 Å². The summed E-state index contributed by atoms with van der Waals surface area (Å²) >= 11 is 0. The molecule has 0 rings (SSSR count). The maximum absolute atomic E-state index is 12.7. The van der Waals surface area contributed by atoms with Crippen molar-refractivity contribution in [2.75, 3.05) is 54.1 Å². The van der Waals surface area contributed by atoms with E-state index in [0.717, 1.165) is 103 Å². The third-order valence-corrected chi connectivity index (χ3v) is 9.88. The fourth-order valence-electron chi connectivity index (χ4n) is 5.33. The number of likely N-dealkylation sites (N-methyl/N-ethyl adjacent to an activating group) is 1. The molecule has 0 heterocycles. The second-order valence-electron chi connectivity index (χ2n) is 16.0. The van der Waals surface area contributed by atoms with E-state index < -0.39 is 19.9 Å². The highest BCUT2D eigenvalue weighted by Gasteiger charge is 2.26. The molecule has 0 aliphatic heterocycles. The average molecular weight is 893 g/mol. The summed E-state index contributed by atoms with van der Waals surface area (Å²) in [6.07, 6.45) is 67.6. The standard InChI is InChI=1S/C54H86NO7P/c1-6-8-10-12-14-16-18-20-22-24-26-27-28-29-30-31-33-35-37-39-41-43-45-47-54(56)62-53(52-61-63(57,58)60-50-48-55(3,4)5)51-59-49-46-44-42-40-38-36-34-32-25-23-21-19-17-15-13-11-9-7-2/h8-11,14-17,20-23,26-27,29-30,32-35,38-41,53H,6-7,12-13,18-19,24-25,28,31,36-37,42-52H2,1-5H3/p+1/b10-8-,11-9-,16-14-,17-15-,22-20-,23-21-,27-26-,30-29-,34-32-,35-33-,40-38-,41-39-. The fraction of sp³-hybridized carbons (Fsp3) is 0.537. The van der Waals surface area contributed by atoms with Crippen molar-refractivity contribution in [1.82, 2.24) is 0 Å². The molecule has 0 aromatic carbocycles. The number of nitrogens with zero attached hydrogens (tertiary/aromatic N) is 1. The van der Waals surface area contributed by atoms with E-state index in [0.29, 0.717) is 24.1 Å². The zero-order valence-electron chi connectivity index (χ0n) is 40.0. The Morgan fingerprint density at radius 1 is 0.492 bits per heavy atom. The van der Waals surface area contributed by atoms with Gasteiger partial charge in [0.1, 0.15) is 19.3 Å². The van der Waals surface area contributed by atoms with Gasteiger partial charge in [0, 0.05) is 13.0 Å². The lowest BCUT2D eigenvalue weighted by Gasteiger charge is -2.24. The monoisotopic (exact) mass is 893 g/mol. The molecule has 2 atom stereocenters. The number of phosphoric ester groups is 1. The number of carbonyl (C=O) groups excluding carboxylic acids is 1. The molecule has 8 nitrogen and oxygen atoms in total. The number of ether oxygens (including phenoxy) is 2. The SMILES string of the molecule is CC/C=C\C/C=C\C/C=C\C/C=C\C/C=C\C/C=C\C/C=C\CCCC(=O)OC(COCCCC/C=C\C/C=C\C/C=C\C/C=C\C/C=C\CC)COP(=O)(O)OCC[N+](C)(C)C. The molecule has 9 heteroatoms. The van der Waals surface area contributed by atoms with Crippen LogP contribution in [0.25, 0.3) is 0 Å². The highest BCUT2D eigenvalue weighted by molar-refractivity contribution is 7.47. The number of phosphoric acid groups is 1. The van der Waals surface area contributed by atoms with Gasteiger partial charge in [-0.05, 0) is 109 Å². The lowest BCUT2D eigenvalue weighted by molar-refractivity contribution is -0.870. The Balaban J connectivity index is 4.44. The third kappa shape index (κ3) is 49.3. The minimum Gasteiger partial charge on any atom is -0.457 e. The first kappa shape index (κ1) is 59.4. The van der Waals surface area contributed by atoms with E-state index in [1.807, 2.05) is 21.1 Å². The van der Waals surface area contributed by atoms with E-state index in [4.69, 9.17) is 18.5 Å². The van der Waals surface area contributed by atoms with Crippen molar-refractivity contribution in [1.29, 1.82) is 0 Å². The van der Waals surface area contributed by atoms with Gasteiger partial charge in [0.2, 0.25) is 0 Å². The third-order valence-electron chi connectivity index (χ3n) is 8.90. The van der Waals surface area contributed by atoms with E-state index in [1.54, 1.807) is 0 Å². The van der Waals surface area contributed by atoms with Crippen molar-refractivity contribution in [2.24, 2.45) is 0 Å². The number of esters is 1. The predicted octanol–water partition coefficient (Wildman–Crippen LogP) is 14.5. The van der Waals surface area contributed by atoms with E-state index >= 15 is 0 Å². The van der Waals surface area contributed by atoms with Gasteiger partial charge in [0.05, 0.1) is 34.4 Å². The minimum absolute atomic E-state index is 0.0593. The zero-order chi connectivity index (χ0) is 46.2. The lowest BCUT2D eigenvalue weighted by Crippen LogP contribution is -2.37. The van der Waals surface area contributed by atoms with Crippen LogP contribution in [0.2, 0.25) is 0 Å². The van der Waals surface area contributed by atoms with Crippen LogP contribution in [-0.4, -0.2) is 75.6 Å². The molecule has 0 fully saturated rings. The summed E-state index contributed by atoms with van der Waals surface area (Å²) in [6.45, 7) is 5.14. The van der Waals surface area contributed by atoms with Crippen molar-refractivity contribution in [2.45, 2.75) is 136 Å². The van der Waals surface area contributed by atoms with E-state index in [1.165, 1.54) is 0 Å². The Morgan fingerprint density at radius 2 is 0.857 bits per heavy atom. The van der Waals surface area contributed by atoms with Gasteiger partial charge in [-0.2, -0.15) is 0 Å². The van der Waals surface area contributed by atoms with E-state index in [-0.39, 0.29) is 26.2 Å². The Bertz CT molecular complexity index is 1500. The van der Waals surface area contributed by atoms with Crippen molar-refractivity contribution in [3.05, 3.63) is 146 Å². The normalized spacial score (nSPS) is 15.0. The molecule has 1 N–H and O–H groups in total. The van der Waals surface area contributed by atoms with Crippen LogP contribution in [0.5, 0.6) is 0 Å². The van der Waals surface area contributed by atoms with Crippen LogP contribution in [0, 0.1) is 0 Å². The number of hydrogen-bond acceptors (Lipinski definition) is 6. The number of rotatable bonds is 41. The second kappa shape index (κ2) is 45.0. The van der Waals surface area contributed by atoms with Crippen molar-refractivity contribution >= 4 is 13.8 Å². The van der Waals surface area contributed by atoms with E-state index in [9.17, 15) is 14.3 Å². The molecule has 63 heavy (non-hydrogen) atoms. The first-order chi connectivity index (χ1) is 30.6. The second-order valence-corrected chi connectivity index (χ2v) is 17.5. The summed E-state index contributed by atoms with van der Waals surface area (Å²) in [6, 6.07) is 0.